The van der Waals surface area contributed by atoms with Crippen molar-refractivity contribution in [2.75, 3.05) is 13.1 Å². The first kappa shape index (κ1) is 11.2. The molecule has 1 rings (SSSR count). The van der Waals surface area contributed by atoms with E-state index in [0.29, 0.717) is 11.7 Å². The summed E-state index contributed by atoms with van der Waals surface area (Å²) in [6, 6.07) is 0. The summed E-state index contributed by atoms with van der Waals surface area (Å²) < 4.78 is 4.96. The molecule has 1 N–H and O–H groups in total. The van der Waals surface area contributed by atoms with Gasteiger partial charge in [0.1, 0.15) is 0 Å². The molecule has 0 spiro atoms. The van der Waals surface area contributed by atoms with Crippen molar-refractivity contribution in [3.63, 3.8) is 0 Å². The third-order valence-corrected chi connectivity index (χ3v) is 2.05. The summed E-state index contributed by atoms with van der Waals surface area (Å²) in [6.07, 6.45) is 0.746. The molecule has 78 valence electrons. The molecule has 0 radical (unpaired) electrons. The Bertz CT molecular complexity index is 309. The molecule has 0 saturated carbocycles. The summed E-state index contributed by atoms with van der Waals surface area (Å²) in [5.41, 5.74) is 2.68. The SMILES string of the molecule is CC(=CCl)CNCCc1nc(C)no1. The molecule has 14 heavy (non-hydrogen) atoms. The summed E-state index contributed by atoms with van der Waals surface area (Å²) >= 11 is 5.51. The predicted octanol–water partition coefficient (Wildman–Crippen LogP) is 1.65. The molecule has 0 unspecified atom stereocenters. The van der Waals surface area contributed by atoms with Gasteiger partial charge < -0.3 is 9.84 Å². The van der Waals surface area contributed by atoms with Crippen molar-refractivity contribution < 1.29 is 4.52 Å². The second-order valence-corrected chi connectivity index (χ2v) is 3.34. The Kier molecular flexibility index (Phi) is 4.62. The van der Waals surface area contributed by atoms with E-state index in [1.807, 2.05) is 6.92 Å². The largest absolute Gasteiger partial charge is 0.339 e. The maximum Gasteiger partial charge on any atom is 0.227 e. The molecule has 0 amide bonds. The van der Waals surface area contributed by atoms with E-state index in [4.69, 9.17) is 16.1 Å². The van der Waals surface area contributed by atoms with Crippen LogP contribution in [0.1, 0.15) is 18.6 Å². The molecule has 0 aliphatic carbocycles. The van der Waals surface area contributed by atoms with Crippen molar-refractivity contribution in [3.05, 3.63) is 22.8 Å². The monoisotopic (exact) mass is 215 g/mol. The first-order valence-electron chi connectivity index (χ1n) is 4.48. The van der Waals surface area contributed by atoms with E-state index in [1.165, 1.54) is 0 Å². The number of aryl methyl sites for hydroxylation is 1. The molecule has 0 aliphatic heterocycles. The maximum absolute atomic E-state index is 5.51. The van der Waals surface area contributed by atoms with Crippen LogP contribution < -0.4 is 5.32 Å². The van der Waals surface area contributed by atoms with Gasteiger partial charge in [0.2, 0.25) is 5.89 Å². The number of hydrogen-bond donors (Lipinski definition) is 1. The van der Waals surface area contributed by atoms with E-state index >= 15 is 0 Å². The average Bonchev–Trinajstić information content (AvgIpc) is 2.58. The van der Waals surface area contributed by atoms with Crippen LogP contribution in [0, 0.1) is 6.92 Å². The van der Waals surface area contributed by atoms with Crippen molar-refractivity contribution in [1.82, 2.24) is 15.5 Å². The third-order valence-electron chi connectivity index (χ3n) is 1.68. The minimum Gasteiger partial charge on any atom is -0.339 e. The van der Waals surface area contributed by atoms with Gasteiger partial charge in [0, 0.05) is 25.0 Å². The maximum atomic E-state index is 5.51. The highest BCUT2D eigenvalue weighted by atomic mass is 35.5. The van der Waals surface area contributed by atoms with E-state index < -0.39 is 0 Å². The van der Waals surface area contributed by atoms with Gasteiger partial charge in [0.15, 0.2) is 5.82 Å². The van der Waals surface area contributed by atoms with Crippen LogP contribution in [-0.2, 0) is 6.42 Å². The lowest BCUT2D eigenvalue weighted by atomic mass is 10.3. The highest BCUT2D eigenvalue weighted by Gasteiger charge is 2.00. The molecule has 0 aliphatic rings. The molecule has 1 aromatic rings. The average molecular weight is 216 g/mol. The Morgan fingerprint density at radius 2 is 2.43 bits per heavy atom. The van der Waals surface area contributed by atoms with Crippen LogP contribution in [0.5, 0.6) is 0 Å². The highest BCUT2D eigenvalue weighted by Crippen LogP contribution is 1.96. The topological polar surface area (TPSA) is 51.0 Å². The van der Waals surface area contributed by atoms with Crippen molar-refractivity contribution in [2.24, 2.45) is 0 Å². The van der Waals surface area contributed by atoms with Crippen LogP contribution in [0.4, 0.5) is 0 Å². The molecule has 0 fully saturated rings. The van der Waals surface area contributed by atoms with Crippen LogP contribution >= 0.6 is 11.6 Å². The fourth-order valence-electron chi connectivity index (χ4n) is 0.961. The summed E-state index contributed by atoms with van der Waals surface area (Å²) in [5, 5.41) is 6.91. The van der Waals surface area contributed by atoms with E-state index in [0.717, 1.165) is 25.1 Å². The zero-order valence-corrected chi connectivity index (χ0v) is 9.14. The van der Waals surface area contributed by atoms with Crippen molar-refractivity contribution in [3.8, 4) is 0 Å². The Labute approximate surface area is 88.3 Å². The minimum absolute atomic E-state index is 0.669. The van der Waals surface area contributed by atoms with Gasteiger partial charge in [-0.25, -0.2) is 0 Å². The number of halogens is 1. The minimum atomic E-state index is 0.669. The fourth-order valence-corrected chi connectivity index (χ4v) is 1.04. The van der Waals surface area contributed by atoms with E-state index in [1.54, 1.807) is 12.5 Å². The number of hydrogen-bond acceptors (Lipinski definition) is 4. The van der Waals surface area contributed by atoms with Crippen LogP contribution in [0.3, 0.4) is 0 Å². The van der Waals surface area contributed by atoms with Crippen LogP contribution in [0.15, 0.2) is 15.6 Å². The summed E-state index contributed by atoms with van der Waals surface area (Å²) in [6.45, 7) is 5.37. The van der Waals surface area contributed by atoms with E-state index in [9.17, 15) is 0 Å². The molecular weight excluding hydrogens is 202 g/mol. The van der Waals surface area contributed by atoms with Crippen molar-refractivity contribution in [1.29, 1.82) is 0 Å². The lowest BCUT2D eigenvalue weighted by Gasteiger charge is -2.01. The standard InChI is InChI=1S/C9H14ClN3O/c1-7(5-10)6-11-4-3-9-12-8(2)13-14-9/h5,11H,3-4,6H2,1-2H3. The Hall–Kier alpha value is -0.870. The molecular formula is C9H14ClN3O. The number of rotatable bonds is 5. The molecule has 4 nitrogen and oxygen atoms in total. The zero-order valence-electron chi connectivity index (χ0n) is 8.38. The second kappa shape index (κ2) is 5.78. The Morgan fingerprint density at radius 1 is 1.64 bits per heavy atom. The van der Waals surface area contributed by atoms with Gasteiger partial charge in [-0.2, -0.15) is 4.98 Å². The van der Waals surface area contributed by atoms with Gasteiger partial charge in [-0.3, -0.25) is 0 Å². The Morgan fingerprint density at radius 3 is 3.00 bits per heavy atom. The fraction of sp³-hybridized carbons (Fsp3) is 0.556. The molecule has 0 aromatic carbocycles. The first-order chi connectivity index (χ1) is 6.72. The normalized spacial score (nSPS) is 12.1. The number of nitrogens with one attached hydrogen (secondary N) is 1. The quantitative estimate of drug-likeness (QED) is 0.759. The van der Waals surface area contributed by atoms with E-state index in [2.05, 4.69) is 15.5 Å². The summed E-state index contributed by atoms with van der Waals surface area (Å²) in [4.78, 5) is 4.09. The summed E-state index contributed by atoms with van der Waals surface area (Å²) in [5.74, 6) is 1.35. The van der Waals surface area contributed by atoms with Crippen LogP contribution in [0.25, 0.3) is 0 Å². The van der Waals surface area contributed by atoms with Gasteiger partial charge in [-0.05, 0) is 19.4 Å². The lowest BCUT2D eigenvalue weighted by Crippen LogP contribution is -2.19. The molecule has 0 saturated heterocycles. The first-order valence-corrected chi connectivity index (χ1v) is 4.92. The zero-order chi connectivity index (χ0) is 10.4. The molecule has 5 heteroatoms. The molecule has 0 bridgehead atoms. The van der Waals surface area contributed by atoms with E-state index in [-0.39, 0.29) is 0 Å². The Balaban J connectivity index is 2.16. The third kappa shape index (κ3) is 3.89. The van der Waals surface area contributed by atoms with Gasteiger partial charge in [0.05, 0.1) is 0 Å². The second-order valence-electron chi connectivity index (χ2n) is 3.12. The number of nitrogens with zero attached hydrogens (tertiary/aromatic N) is 2. The van der Waals surface area contributed by atoms with Crippen LogP contribution in [-0.4, -0.2) is 23.2 Å². The van der Waals surface area contributed by atoms with Crippen LogP contribution in [0.2, 0.25) is 0 Å². The van der Waals surface area contributed by atoms with Gasteiger partial charge in [-0.1, -0.05) is 16.8 Å². The summed E-state index contributed by atoms with van der Waals surface area (Å²) in [7, 11) is 0. The lowest BCUT2D eigenvalue weighted by molar-refractivity contribution is 0.373. The van der Waals surface area contributed by atoms with Gasteiger partial charge in [0.25, 0.3) is 0 Å². The molecule has 0 atom stereocenters. The molecule has 1 aromatic heterocycles. The van der Waals surface area contributed by atoms with Crippen molar-refractivity contribution >= 4 is 11.6 Å². The smallest absolute Gasteiger partial charge is 0.227 e. The van der Waals surface area contributed by atoms with Crippen molar-refractivity contribution in [2.45, 2.75) is 20.3 Å². The van der Waals surface area contributed by atoms with Gasteiger partial charge >= 0.3 is 0 Å². The van der Waals surface area contributed by atoms with Gasteiger partial charge in [-0.15, -0.1) is 0 Å². The highest BCUT2D eigenvalue weighted by molar-refractivity contribution is 6.25. The molecule has 1 heterocycles. The predicted molar refractivity (Wildman–Crippen MR) is 55.2 cm³/mol. The number of aromatic nitrogens is 2.